The second-order valence-electron chi connectivity index (χ2n) is 5.93. The van der Waals surface area contributed by atoms with E-state index in [4.69, 9.17) is 0 Å². The maximum atomic E-state index is 12.4. The van der Waals surface area contributed by atoms with Gasteiger partial charge in [0.25, 0.3) is 11.8 Å². The molecule has 0 saturated heterocycles. The number of benzene rings is 1. The van der Waals surface area contributed by atoms with Crippen LogP contribution in [0.25, 0.3) is 0 Å². The molecule has 118 valence electrons. The van der Waals surface area contributed by atoms with Gasteiger partial charge in [-0.1, -0.05) is 18.2 Å². The van der Waals surface area contributed by atoms with Crippen molar-refractivity contribution in [1.82, 2.24) is 10.3 Å². The van der Waals surface area contributed by atoms with Crippen LogP contribution in [-0.4, -0.2) is 22.8 Å². The highest BCUT2D eigenvalue weighted by molar-refractivity contribution is 6.06. The second-order valence-corrected chi connectivity index (χ2v) is 5.93. The first-order valence-corrected chi connectivity index (χ1v) is 7.68. The molecule has 1 fully saturated rings. The predicted octanol–water partition coefficient (Wildman–Crippen LogP) is 2.84. The second kappa shape index (κ2) is 6.20. The van der Waals surface area contributed by atoms with E-state index in [9.17, 15) is 9.59 Å². The molecule has 2 aromatic rings. The number of carbonyl (C=O) groups excluding carboxylic acids is 2. The maximum absolute atomic E-state index is 12.4. The van der Waals surface area contributed by atoms with Crippen LogP contribution in [0.15, 0.2) is 36.7 Å². The minimum atomic E-state index is -0.268. The van der Waals surface area contributed by atoms with E-state index in [2.05, 4.69) is 15.6 Å². The van der Waals surface area contributed by atoms with E-state index in [-0.39, 0.29) is 17.9 Å². The lowest BCUT2D eigenvalue weighted by Crippen LogP contribution is -2.26. The Balaban J connectivity index is 1.78. The normalized spacial score (nSPS) is 13.5. The molecule has 1 saturated carbocycles. The van der Waals surface area contributed by atoms with E-state index in [1.807, 2.05) is 32.0 Å². The van der Waals surface area contributed by atoms with Gasteiger partial charge in [-0.05, 0) is 43.9 Å². The first-order valence-electron chi connectivity index (χ1n) is 7.68. The summed E-state index contributed by atoms with van der Waals surface area (Å²) in [7, 11) is 0. The summed E-state index contributed by atoms with van der Waals surface area (Å²) in [4.78, 5) is 28.5. The van der Waals surface area contributed by atoms with Gasteiger partial charge in [-0.25, -0.2) is 0 Å². The van der Waals surface area contributed by atoms with E-state index in [1.54, 1.807) is 6.07 Å². The molecule has 2 N–H and O–H groups in total. The minimum Gasteiger partial charge on any atom is -0.349 e. The first kappa shape index (κ1) is 15.2. The Hall–Kier alpha value is -2.69. The highest BCUT2D eigenvalue weighted by atomic mass is 16.2. The monoisotopic (exact) mass is 309 g/mol. The van der Waals surface area contributed by atoms with Crippen molar-refractivity contribution >= 4 is 17.5 Å². The lowest BCUT2D eigenvalue weighted by Gasteiger charge is -2.11. The predicted molar refractivity (Wildman–Crippen MR) is 88.6 cm³/mol. The molecule has 1 aliphatic carbocycles. The number of para-hydroxylation sites is 1. The Labute approximate surface area is 135 Å². The fourth-order valence-electron chi connectivity index (χ4n) is 2.38. The molecular weight excluding hydrogens is 290 g/mol. The van der Waals surface area contributed by atoms with Crippen molar-refractivity contribution in [3.8, 4) is 0 Å². The zero-order valence-corrected chi connectivity index (χ0v) is 13.2. The fourth-order valence-corrected chi connectivity index (χ4v) is 2.38. The van der Waals surface area contributed by atoms with E-state index in [0.717, 1.165) is 29.7 Å². The molecular formula is C18H19N3O2. The highest BCUT2D eigenvalue weighted by Gasteiger charge is 2.24. The van der Waals surface area contributed by atoms with Gasteiger partial charge in [-0.2, -0.15) is 0 Å². The van der Waals surface area contributed by atoms with Crippen molar-refractivity contribution < 1.29 is 9.59 Å². The molecule has 3 rings (SSSR count). The molecule has 0 bridgehead atoms. The Morgan fingerprint density at radius 1 is 1.04 bits per heavy atom. The minimum absolute atomic E-state index is 0.179. The number of rotatable bonds is 4. The molecule has 0 unspecified atom stereocenters. The number of anilines is 1. The zero-order valence-electron chi connectivity index (χ0n) is 13.2. The van der Waals surface area contributed by atoms with Crippen molar-refractivity contribution in [2.75, 3.05) is 5.32 Å². The summed E-state index contributed by atoms with van der Waals surface area (Å²) in [6.07, 6.45) is 4.99. The van der Waals surface area contributed by atoms with Crippen LogP contribution < -0.4 is 10.6 Å². The Morgan fingerprint density at radius 3 is 2.26 bits per heavy atom. The summed E-state index contributed by atoms with van der Waals surface area (Å²) in [5.41, 5.74) is 3.57. The summed E-state index contributed by atoms with van der Waals surface area (Å²) >= 11 is 0. The summed E-state index contributed by atoms with van der Waals surface area (Å²) in [5, 5.41) is 5.80. The molecule has 1 aromatic heterocycles. The molecule has 0 radical (unpaired) electrons. The number of aryl methyl sites for hydroxylation is 2. The van der Waals surface area contributed by atoms with Gasteiger partial charge in [0.1, 0.15) is 0 Å². The van der Waals surface area contributed by atoms with Gasteiger partial charge in [0.05, 0.1) is 11.1 Å². The van der Waals surface area contributed by atoms with Crippen LogP contribution >= 0.6 is 0 Å². The molecule has 1 aliphatic rings. The van der Waals surface area contributed by atoms with Crippen LogP contribution in [0, 0.1) is 13.8 Å². The highest BCUT2D eigenvalue weighted by Crippen LogP contribution is 2.21. The van der Waals surface area contributed by atoms with E-state index < -0.39 is 0 Å². The lowest BCUT2D eigenvalue weighted by atomic mass is 10.1. The van der Waals surface area contributed by atoms with Gasteiger partial charge in [0, 0.05) is 24.1 Å². The van der Waals surface area contributed by atoms with Crippen molar-refractivity contribution in [3.05, 3.63) is 58.9 Å². The van der Waals surface area contributed by atoms with E-state index in [0.29, 0.717) is 11.1 Å². The number of nitrogens with one attached hydrogen (secondary N) is 2. The molecule has 0 spiro atoms. The average molecular weight is 309 g/mol. The summed E-state index contributed by atoms with van der Waals surface area (Å²) < 4.78 is 0. The molecule has 1 heterocycles. The van der Waals surface area contributed by atoms with E-state index >= 15 is 0 Å². The largest absolute Gasteiger partial charge is 0.349 e. The van der Waals surface area contributed by atoms with Gasteiger partial charge in [0.15, 0.2) is 0 Å². The molecule has 23 heavy (non-hydrogen) atoms. The van der Waals surface area contributed by atoms with Crippen molar-refractivity contribution in [3.63, 3.8) is 0 Å². The summed E-state index contributed by atoms with van der Waals surface area (Å²) in [6.45, 7) is 3.89. The first-order chi connectivity index (χ1) is 11.0. The molecule has 1 aromatic carbocycles. The number of aromatic nitrogens is 1. The fraction of sp³-hybridized carbons (Fsp3) is 0.278. The van der Waals surface area contributed by atoms with Gasteiger partial charge >= 0.3 is 0 Å². The average Bonchev–Trinajstić information content (AvgIpc) is 3.35. The smallest absolute Gasteiger partial charge is 0.257 e. The van der Waals surface area contributed by atoms with E-state index in [1.165, 1.54) is 12.4 Å². The number of carbonyl (C=O) groups is 2. The van der Waals surface area contributed by atoms with Gasteiger partial charge in [-0.15, -0.1) is 0 Å². The number of nitrogens with zero attached hydrogens (tertiary/aromatic N) is 1. The number of hydrogen-bond donors (Lipinski definition) is 2. The molecule has 0 aliphatic heterocycles. The van der Waals surface area contributed by atoms with Crippen LogP contribution in [0.3, 0.4) is 0 Å². The van der Waals surface area contributed by atoms with Crippen molar-refractivity contribution in [1.29, 1.82) is 0 Å². The van der Waals surface area contributed by atoms with Crippen LogP contribution in [0.4, 0.5) is 5.69 Å². The third kappa shape index (κ3) is 3.56. The summed E-state index contributed by atoms with van der Waals surface area (Å²) in [6, 6.07) is 7.69. The van der Waals surface area contributed by atoms with Crippen LogP contribution in [0.5, 0.6) is 0 Å². The third-order valence-corrected chi connectivity index (χ3v) is 3.89. The van der Waals surface area contributed by atoms with Crippen LogP contribution in [0.2, 0.25) is 0 Å². The molecule has 2 amide bonds. The van der Waals surface area contributed by atoms with Gasteiger partial charge in [0.2, 0.25) is 0 Å². The third-order valence-electron chi connectivity index (χ3n) is 3.89. The Kier molecular flexibility index (Phi) is 4.10. The van der Waals surface area contributed by atoms with Crippen molar-refractivity contribution in [2.45, 2.75) is 32.7 Å². The van der Waals surface area contributed by atoms with Crippen LogP contribution in [-0.2, 0) is 0 Å². The topological polar surface area (TPSA) is 71.1 Å². The summed E-state index contributed by atoms with van der Waals surface area (Å²) in [5.74, 6) is -0.447. The Morgan fingerprint density at radius 2 is 1.65 bits per heavy atom. The number of hydrogen-bond acceptors (Lipinski definition) is 3. The Bertz CT molecular complexity index is 746. The van der Waals surface area contributed by atoms with Crippen molar-refractivity contribution in [2.24, 2.45) is 0 Å². The molecule has 0 atom stereocenters. The maximum Gasteiger partial charge on any atom is 0.257 e. The molecule has 5 nitrogen and oxygen atoms in total. The standard InChI is InChI=1S/C18H19N3O2/c1-11-4-3-5-12(2)16(11)21-18(23)14-8-13(9-19-10-14)17(22)20-15-6-7-15/h3-5,8-10,15H,6-7H2,1-2H3,(H,20,22)(H,21,23). The zero-order chi connectivity index (χ0) is 16.4. The molecule has 5 heteroatoms. The van der Waals surface area contributed by atoms with Gasteiger partial charge in [-0.3, -0.25) is 14.6 Å². The SMILES string of the molecule is Cc1cccc(C)c1NC(=O)c1cncc(C(=O)NC2CC2)c1. The lowest BCUT2D eigenvalue weighted by molar-refractivity contribution is 0.0950. The van der Waals surface area contributed by atoms with Gasteiger partial charge < -0.3 is 10.6 Å². The number of amides is 2. The van der Waals surface area contributed by atoms with Crippen LogP contribution in [0.1, 0.15) is 44.7 Å². The number of pyridine rings is 1. The quantitative estimate of drug-likeness (QED) is 0.912.